The highest BCUT2D eigenvalue weighted by molar-refractivity contribution is 5.45. The molecule has 64 valence electrons. The van der Waals surface area contributed by atoms with E-state index in [2.05, 4.69) is 25.7 Å². The van der Waals surface area contributed by atoms with Gasteiger partial charge in [-0.05, 0) is 19.4 Å². The van der Waals surface area contributed by atoms with Crippen LogP contribution in [0.2, 0.25) is 0 Å². The molecule has 2 N–H and O–H groups in total. The van der Waals surface area contributed by atoms with E-state index in [0.717, 1.165) is 5.57 Å². The second kappa shape index (κ2) is 3.44. The van der Waals surface area contributed by atoms with E-state index in [1.54, 1.807) is 0 Å². The van der Waals surface area contributed by atoms with Gasteiger partial charge in [-0.1, -0.05) is 36.5 Å². The molecule has 0 saturated carbocycles. The Bertz CT molecular complexity index is 279. The van der Waals surface area contributed by atoms with Crippen LogP contribution in [-0.4, -0.2) is 0 Å². The van der Waals surface area contributed by atoms with Crippen molar-refractivity contribution in [2.24, 2.45) is 11.7 Å². The molecule has 0 radical (unpaired) electrons. The topological polar surface area (TPSA) is 26.0 Å². The molecule has 0 aliphatic heterocycles. The summed E-state index contributed by atoms with van der Waals surface area (Å²) in [5, 5.41) is 0. The van der Waals surface area contributed by atoms with Crippen LogP contribution in [0.5, 0.6) is 0 Å². The standard InChI is InChI=1S/C11H15N/c1-4-5-10-8(2)6-7-11(10)9(3)12/h4-7,10H,3,12H2,1-2H3/b5-4-. The Morgan fingerprint density at radius 2 is 2.25 bits per heavy atom. The second-order valence-corrected chi connectivity index (χ2v) is 3.06. The van der Waals surface area contributed by atoms with Gasteiger partial charge in [0.2, 0.25) is 0 Å². The minimum absolute atomic E-state index is 0.354. The van der Waals surface area contributed by atoms with Crippen molar-refractivity contribution in [3.8, 4) is 0 Å². The van der Waals surface area contributed by atoms with Crippen LogP contribution < -0.4 is 5.73 Å². The van der Waals surface area contributed by atoms with Gasteiger partial charge in [0.15, 0.2) is 0 Å². The van der Waals surface area contributed by atoms with Gasteiger partial charge in [-0.2, -0.15) is 0 Å². The highest BCUT2D eigenvalue weighted by atomic mass is 14.6. The van der Waals surface area contributed by atoms with Crippen LogP contribution in [0.25, 0.3) is 0 Å². The molecule has 0 aromatic rings. The SMILES string of the molecule is C=C(N)C1=CC=C(C)C1/C=C\C. The quantitative estimate of drug-likeness (QED) is 0.619. The third kappa shape index (κ3) is 1.50. The smallest absolute Gasteiger partial charge is 0.0282 e. The molecule has 1 aliphatic carbocycles. The van der Waals surface area contributed by atoms with Gasteiger partial charge in [0.25, 0.3) is 0 Å². The van der Waals surface area contributed by atoms with E-state index >= 15 is 0 Å². The second-order valence-electron chi connectivity index (χ2n) is 3.06. The highest BCUT2D eigenvalue weighted by Crippen LogP contribution is 2.30. The zero-order valence-electron chi connectivity index (χ0n) is 7.67. The van der Waals surface area contributed by atoms with Gasteiger partial charge < -0.3 is 5.73 Å². The molecule has 0 spiro atoms. The fourth-order valence-electron chi connectivity index (χ4n) is 1.43. The number of allylic oxidation sites excluding steroid dienone is 6. The fraction of sp³-hybridized carbons (Fsp3) is 0.273. The van der Waals surface area contributed by atoms with Gasteiger partial charge in [0, 0.05) is 11.6 Å². The Labute approximate surface area is 74.0 Å². The van der Waals surface area contributed by atoms with Crippen molar-refractivity contribution in [2.45, 2.75) is 13.8 Å². The van der Waals surface area contributed by atoms with Crippen molar-refractivity contribution < 1.29 is 0 Å². The summed E-state index contributed by atoms with van der Waals surface area (Å²) in [4.78, 5) is 0. The van der Waals surface area contributed by atoms with Gasteiger partial charge in [0.1, 0.15) is 0 Å². The predicted molar refractivity (Wildman–Crippen MR) is 53.5 cm³/mol. The van der Waals surface area contributed by atoms with Crippen molar-refractivity contribution in [1.29, 1.82) is 0 Å². The summed E-state index contributed by atoms with van der Waals surface area (Å²) >= 11 is 0. The Kier molecular flexibility index (Phi) is 2.54. The lowest BCUT2D eigenvalue weighted by molar-refractivity contribution is 0.919. The molecule has 12 heavy (non-hydrogen) atoms. The first kappa shape index (κ1) is 8.85. The van der Waals surface area contributed by atoms with Crippen LogP contribution in [0.4, 0.5) is 0 Å². The van der Waals surface area contributed by atoms with Gasteiger partial charge >= 0.3 is 0 Å². The van der Waals surface area contributed by atoms with Crippen molar-refractivity contribution in [3.63, 3.8) is 0 Å². The number of hydrogen-bond acceptors (Lipinski definition) is 1. The van der Waals surface area contributed by atoms with E-state index in [0.29, 0.717) is 11.6 Å². The molecule has 1 rings (SSSR count). The fourth-order valence-corrected chi connectivity index (χ4v) is 1.43. The summed E-state index contributed by atoms with van der Waals surface area (Å²) in [6.07, 6.45) is 8.33. The lowest BCUT2D eigenvalue weighted by Gasteiger charge is -2.12. The number of rotatable bonds is 2. The van der Waals surface area contributed by atoms with Gasteiger partial charge in [-0.25, -0.2) is 0 Å². The third-order valence-electron chi connectivity index (χ3n) is 2.11. The van der Waals surface area contributed by atoms with Crippen molar-refractivity contribution in [1.82, 2.24) is 0 Å². The summed E-state index contributed by atoms with van der Waals surface area (Å²) < 4.78 is 0. The first-order valence-corrected chi connectivity index (χ1v) is 4.12. The zero-order valence-corrected chi connectivity index (χ0v) is 7.67. The number of nitrogens with two attached hydrogens (primary N) is 1. The molecule has 1 aliphatic rings. The molecule has 0 saturated heterocycles. The van der Waals surface area contributed by atoms with Crippen LogP contribution >= 0.6 is 0 Å². The van der Waals surface area contributed by atoms with E-state index in [1.807, 2.05) is 19.1 Å². The Balaban J connectivity index is 2.88. The van der Waals surface area contributed by atoms with Crippen LogP contribution in [0.3, 0.4) is 0 Å². The van der Waals surface area contributed by atoms with Crippen LogP contribution in [-0.2, 0) is 0 Å². The molecular weight excluding hydrogens is 146 g/mol. The molecule has 0 fully saturated rings. The zero-order chi connectivity index (χ0) is 9.14. The third-order valence-corrected chi connectivity index (χ3v) is 2.11. The van der Waals surface area contributed by atoms with Crippen LogP contribution in [0.1, 0.15) is 13.8 Å². The summed E-state index contributed by atoms with van der Waals surface area (Å²) in [6.45, 7) is 7.87. The lowest BCUT2D eigenvalue weighted by atomic mass is 9.95. The Morgan fingerprint density at radius 3 is 2.75 bits per heavy atom. The molecule has 1 atom stereocenters. The van der Waals surface area contributed by atoms with E-state index in [-0.39, 0.29) is 0 Å². The van der Waals surface area contributed by atoms with E-state index in [4.69, 9.17) is 5.73 Å². The van der Waals surface area contributed by atoms with Crippen molar-refractivity contribution in [2.75, 3.05) is 0 Å². The molecule has 1 nitrogen and oxygen atoms in total. The first-order chi connectivity index (χ1) is 5.66. The van der Waals surface area contributed by atoms with Crippen LogP contribution in [0, 0.1) is 5.92 Å². The molecule has 0 amide bonds. The summed E-state index contributed by atoms with van der Waals surface area (Å²) in [5.41, 5.74) is 8.78. The predicted octanol–water partition coefficient (Wildman–Crippen LogP) is 2.54. The van der Waals surface area contributed by atoms with Crippen molar-refractivity contribution >= 4 is 0 Å². The first-order valence-electron chi connectivity index (χ1n) is 4.12. The summed E-state index contributed by atoms with van der Waals surface area (Å²) in [5.74, 6) is 0.354. The Morgan fingerprint density at radius 1 is 1.58 bits per heavy atom. The average molecular weight is 161 g/mol. The van der Waals surface area contributed by atoms with Gasteiger partial charge in [-0.3, -0.25) is 0 Å². The van der Waals surface area contributed by atoms with E-state index < -0.39 is 0 Å². The molecular formula is C11H15N. The molecule has 1 unspecified atom stereocenters. The normalized spacial score (nSPS) is 22.7. The number of hydrogen-bond donors (Lipinski definition) is 1. The van der Waals surface area contributed by atoms with Gasteiger partial charge in [-0.15, -0.1) is 0 Å². The van der Waals surface area contributed by atoms with E-state index in [9.17, 15) is 0 Å². The minimum atomic E-state index is 0.354. The molecule has 0 bridgehead atoms. The van der Waals surface area contributed by atoms with Crippen LogP contribution in [0.15, 0.2) is 47.7 Å². The molecule has 0 aromatic heterocycles. The van der Waals surface area contributed by atoms with Gasteiger partial charge in [0.05, 0.1) is 0 Å². The monoisotopic (exact) mass is 161 g/mol. The maximum atomic E-state index is 5.65. The average Bonchev–Trinajstić information content (AvgIpc) is 2.34. The summed E-state index contributed by atoms with van der Waals surface area (Å²) in [7, 11) is 0. The molecule has 0 aromatic carbocycles. The molecule has 0 heterocycles. The highest BCUT2D eigenvalue weighted by Gasteiger charge is 2.17. The Hall–Kier alpha value is -1.24. The summed E-state index contributed by atoms with van der Waals surface area (Å²) in [6, 6.07) is 0. The minimum Gasteiger partial charge on any atom is -0.399 e. The maximum Gasteiger partial charge on any atom is 0.0282 e. The van der Waals surface area contributed by atoms with E-state index in [1.165, 1.54) is 5.57 Å². The maximum absolute atomic E-state index is 5.65. The molecule has 1 heteroatoms. The lowest BCUT2D eigenvalue weighted by Crippen LogP contribution is -2.06. The largest absolute Gasteiger partial charge is 0.399 e. The van der Waals surface area contributed by atoms with Crippen molar-refractivity contribution in [3.05, 3.63) is 47.7 Å².